The second-order valence-electron chi connectivity index (χ2n) is 10.0. The monoisotopic (exact) mass is 517 g/mol. The highest BCUT2D eigenvalue weighted by molar-refractivity contribution is 6.30. The SMILES string of the molecule is CC(C)(C)O.Cc1c(-c2ccc(Cl)cc2O)c(CC(=O)O)c(C)c2c1-c1c(F)cc(F)cc1CN2C. The molecule has 0 saturated heterocycles. The second kappa shape index (κ2) is 10.1. The topological polar surface area (TPSA) is 81.0 Å². The number of aliphatic hydroxyl groups is 1. The molecule has 8 heteroatoms. The summed E-state index contributed by atoms with van der Waals surface area (Å²) in [5.41, 5.74) is 4.29. The first-order chi connectivity index (χ1) is 16.6. The molecule has 0 unspecified atom stereocenters. The van der Waals surface area contributed by atoms with E-state index in [9.17, 15) is 19.4 Å². The lowest BCUT2D eigenvalue weighted by Crippen LogP contribution is -2.25. The van der Waals surface area contributed by atoms with Gasteiger partial charge in [0.25, 0.3) is 0 Å². The summed E-state index contributed by atoms with van der Waals surface area (Å²) in [7, 11) is 1.81. The summed E-state index contributed by atoms with van der Waals surface area (Å²) in [6, 6.07) is 6.77. The van der Waals surface area contributed by atoms with Gasteiger partial charge in [0.1, 0.15) is 17.4 Å². The molecule has 0 atom stereocenters. The van der Waals surface area contributed by atoms with Crippen molar-refractivity contribution >= 4 is 23.3 Å². The van der Waals surface area contributed by atoms with E-state index in [0.29, 0.717) is 55.2 Å². The maximum atomic E-state index is 15.0. The molecule has 0 bridgehead atoms. The van der Waals surface area contributed by atoms with Gasteiger partial charge in [0, 0.05) is 47.1 Å². The van der Waals surface area contributed by atoms with Gasteiger partial charge in [-0.1, -0.05) is 11.6 Å². The van der Waals surface area contributed by atoms with Crippen LogP contribution in [0.3, 0.4) is 0 Å². The molecule has 5 nitrogen and oxygen atoms in total. The molecule has 0 amide bonds. The molecule has 3 N–H and O–H groups in total. The number of anilines is 1. The summed E-state index contributed by atoms with van der Waals surface area (Å²) in [6.45, 7) is 9.07. The number of aromatic hydroxyl groups is 1. The summed E-state index contributed by atoms with van der Waals surface area (Å²) < 4.78 is 28.9. The van der Waals surface area contributed by atoms with E-state index in [0.717, 1.165) is 6.07 Å². The van der Waals surface area contributed by atoms with Crippen molar-refractivity contribution in [1.29, 1.82) is 0 Å². The summed E-state index contributed by atoms with van der Waals surface area (Å²) >= 11 is 5.99. The number of benzene rings is 3. The molecule has 4 rings (SSSR count). The number of halogens is 3. The number of carboxylic acids is 1. The minimum absolute atomic E-state index is 0.106. The van der Waals surface area contributed by atoms with Crippen molar-refractivity contribution in [3.63, 3.8) is 0 Å². The Kier molecular flexibility index (Phi) is 7.67. The number of nitrogens with zero attached hydrogens (tertiary/aromatic N) is 1. The van der Waals surface area contributed by atoms with Crippen molar-refractivity contribution in [3.8, 4) is 28.0 Å². The van der Waals surface area contributed by atoms with Gasteiger partial charge in [-0.3, -0.25) is 4.79 Å². The van der Waals surface area contributed by atoms with Crippen LogP contribution in [0.2, 0.25) is 5.02 Å². The van der Waals surface area contributed by atoms with Crippen LogP contribution in [0.15, 0.2) is 30.3 Å². The Balaban J connectivity index is 0.000000658. The van der Waals surface area contributed by atoms with Crippen molar-refractivity contribution < 1.29 is 28.9 Å². The van der Waals surface area contributed by atoms with Crippen molar-refractivity contribution in [1.82, 2.24) is 0 Å². The summed E-state index contributed by atoms with van der Waals surface area (Å²) in [5.74, 6) is -2.46. The average molecular weight is 518 g/mol. The van der Waals surface area contributed by atoms with Gasteiger partial charge in [-0.2, -0.15) is 0 Å². The molecule has 3 aromatic carbocycles. The van der Waals surface area contributed by atoms with E-state index < -0.39 is 23.2 Å². The fourth-order valence-electron chi connectivity index (χ4n) is 4.65. The summed E-state index contributed by atoms with van der Waals surface area (Å²) in [4.78, 5) is 13.6. The molecular weight excluding hydrogens is 488 g/mol. The van der Waals surface area contributed by atoms with E-state index in [1.54, 1.807) is 53.8 Å². The second-order valence-corrected chi connectivity index (χ2v) is 10.4. The summed E-state index contributed by atoms with van der Waals surface area (Å²) in [5, 5.41) is 29.0. The zero-order valence-corrected chi connectivity index (χ0v) is 21.9. The number of hydrogen-bond acceptors (Lipinski definition) is 4. The highest BCUT2D eigenvalue weighted by Crippen LogP contribution is 2.50. The van der Waals surface area contributed by atoms with Crippen molar-refractivity contribution in [2.24, 2.45) is 0 Å². The highest BCUT2D eigenvalue weighted by atomic mass is 35.5. The Hall–Kier alpha value is -3.16. The minimum atomic E-state index is -1.02. The minimum Gasteiger partial charge on any atom is -0.507 e. The lowest BCUT2D eigenvalue weighted by Gasteiger charge is -2.35. The maximum absolute atomic E-state index is 15.0. The van der Waals surface area contributed by atoms with E-state index in [-0.39, 0.29) is 18.7 Å². The van der Waals surface area contributed by atoms with Crippen molar-refractivity contribution in [3.05, 3.63) is 69.2 Å². The fourth-order valence-corrected chi connectivity index (χ4v) is 4.82. The zero-order valence-electron chi connectivity index (χ0n) is 21.1. The molecule has 0 aliphatic carbocycles. The standard InChI is InChI=1S/C24H20ClF2NO3.C4H10O/c1-11-17(9-20(30)31)21(16-5-4-14(25)7-19(16)29)12(2)22-23-13(10-28(3)24(11)22)6-15(26)8-18(23)27;1-4(2,3)5/h4-8,29H,9-10H2,1-3H3,(H,30,31);5H,1-3H3. The van der Waals surface area contributed by atoms with Crippen molar-refractivity contribution in [2.45, 2.75) is 53.2 Å². The number of carboxylic acid groups (broad SMARTS) is 1. The number of aliphatic carboxylic acids is 1. The number of rotatable bonds is 3. The predicted octanol–water partition coefficient (Wildman–Crippen LogP) is 6.63. The average Bonchev–Trinajstić information content (AvgIpc) is 2.70. The molecule has 1 aliphatic rings. The third-order valence-corrected chi connectivity index (χ3v) is 6.06. The van der Waals surface area contributed by atoms with Crippen LogP contribution in [0, 0.1) is 25.5 Å². The van der Waals surface area contributed by atoms with Gasteiger partial charge >= 0.3 is 5.97 Å². The predicted molar refractivity (Wildman–Crippen MR) is 139 cm³/mol. The van der Waals surface area contributed by atoms with E-state index in [4.69, 9.17) is 16.7 Å². The lowest BCUT2D eigenvalue weighted by molar-refractivity contribution is -0.136. The molecular formula is C28H30ClF2NO4. The van der Waals surface area contributed by atoms with E-state index >= 15 is 4.39 Å². The lowest BCUT2D eigenvalue weighted by atomic mass is 9.80. The molecule has 1 heterocycles. The third-order valence-electron chi connectivity index (χ3n) is 5.83. The van der Waals surface area contributed by atoms with Crippen LogP contribution >= 0.6 is 11.6 Å². The molecule has 36 heavy (non-hydrogen) atoms. The number of hydrogen-bond donors (Lipinski definition) is 3. The molecule has 0 fully saturated rings. The molecule has 3 aromatic rings. The van der Waals surface area contributed by atoms with Crippen LogP contribution in [-0.2, 0) is 17.8 Å². The number of phenols is 1. The van der Waals surface area contributed by atoms with E-state index in [2.05, 4.69) is 0 Å². The Morgan fingerprint density at radius 3 is 2.22 bits per heavy atom. The molecule has 0 radical (unpaired) electrons. The van der Waals surface area contributed by atoms with Gasteiger partial charge in [0.05, 0.1) is 12.0 Å². The first-order valence-electron chi connectivity index (χ1n) is 11.4. The van der Waals surface area contributed by atoms with Gasteiger partial charge in [-0.05, 0) is 86.7 Å². The number of phenolic OH excluding ortho intramolecular Hbond substituents is 1. The van der Waals surface area contributed by atoms with Gasteiger partial charge in [-0.25, -0.2) is 8.78 Å². The van der Waals surface area contributed by atoms with Crippen LogP contribution in [-0.4, -0.2) is 33.9 Å². The Morgan fingerprint density at radius 1 is 1.06 bits per heavy atom. The van der Waals surface area contributed by atoms with Crippen LogP contribution in [0.25, 0.3) is 22.3 Å². The first-order valence-corrected chi connectivity index (χ1v) is 11.8. The molecule has 1 aliphatic heterocycles. The van der Waals surface area contributed by atoms with Gasteiger partial charge in [0.15, 0.2) is 0 Å². The smallest absolute Gasteiger partial charge is 0.307 e. The van der Waals surface area contributed by atoms with E-state index in [1.165, 1.54) is 12.1 Å². The largest absolute Gasteiger partial charge is 0.507 e. The normalized spacial score (nSPS) is 12.4. The number of carbonyl (C=O) groups is 1. The third kappa shape index (κ3) is 5.63. The van der Waals surface area contributed by atoms with Crippen LogP contribution in [0.5, 0.6) is 5.75 Å². The highest BCUT2D eigenvalue weighted by Gasteiger charge is 2.31. The molecule has 192 valence electrons. The molecule has 0 saturated carbocycles. The van der Waals surface area contributed by atoms with Crippen LogP contribution in [0.4, 0.5) is 14.5 Å². The molecule has 0 aromatic heterocycles. The molecule has 0 spiro atoms. The Labute approximate surface area is 214 Å². The Bertz CT molecular complexity index is 1340. The number of fused-ring (bicyclic) bond motifs is 3. The fraction of sp³-hybridized carbons (Fsp3) is 0.321. The van der Waals surface area contributed by atoms with Crippen LogP contribution in [0.1, 0.15) is 43.0 Å². The zero-order chi connectivity index (χ0) is 27.1. The maximum Gasteiger partial charge on any atom is 0.307 e. The first kappa shape index (κ1) is 27.4. The van der Waals surface area contributed by atoms with Gasteiger partial charge in [0.2, 0.25) is 0 Å². The van der Waals surface area contributed by atoms with Gasteiger partial charge < -0.3 is 20.2 Å². The Morgan fingerprint density at radius 2 is 1.67 bits per heavy atom. The summed E-state index contributed by atoms with van der Waals surface area (Å²) in [6.07, 6.45) is -0.274. The van der Waals surface area contributed by atoms with E-state index in [1.807, 2.05) is 4.90 Å². The van der Waals surface area contributed by atoms with Crippen LogP contribution < -0.4 is 4.90 Å². The van der Waals surface area contributed by atoms with Crippen molar-refractivity contribution in [2.75, 3.05) is 11.9 Å². The van der Waals surface area contributed by atoms with Gasteiger partial charge in [-0.15, -0.1) is 0 Å². The quantitative estimate of drug-likeness (QED) is 0.363.